The molecule has 0 rings (SSSR count). The van der Waals surface area contributed by atoms with Crippen LogP contribution >= 0.6 is 0 Å². The molecule has 5 heteroatoms. The molecule has 0 radical (unpaired) electrons. The van der Waals surface area contributed by atoms with Crippen LogP contribution in [0.3, 0.4) is 0 Å². The monoisotopic (exact) mass is 604 g/mol. The summed E-state index contributed by atoms with van der Waals surface area (Å²) < 4.78 is 0. The lowest BCUT2D eigenvalue weighted by Gasteiger charge is -2.22. The van der Waals surface area contributed by atoms with Crippen LogP contribution in [-0.4, -0.2) is 23.5 Å². The number of carbonyl (C=O) groups excluding carboxylic acids is 2. The van der Waals surface area contributed by atoms with Crippen molar-refractivity contribution in [3.05, 3.63) is 24.3 Å². The van der Waals surface area contributed by atoms with E-state index in [2.05, 4.69) is 49.0 Å². The third kappa shape index (κ3) is 33.1. The van der Waals surface area contributed by atoms with Crippen LogP contribution in [0, 0.1) is 0 Å². The maximum absolute atomic E-state index is 12.3. The largest absolute Gasteiger partial charge is 0.274 e. The summed E-state index contributed by atoms with van der Waals surface area (Å²) >= 11 is 0. The third-order valence-corrected chi connectivity index (χ3v) is 8.17. The van der Waals surface area contributed by atoms with Gasteiger partial charge in [0.05, 0.1) is 0 Å². The number of nitrogens with zero attached hydrogens (tertiary/aromatic N) is 1. The Balaban J connectivity index is 3.59. The van der Waals surface area contributed by atoms with E-state index in [4.69, 9.17) is 0 Å². The minimum Gasteiger partial charge on any atom is -0.274 e. The van der Waals surface area contributed by atoms with Crippen molar-refractivity contribution < 1.29 is 9.59 Å². The van der Waals surface area contributed by atoms with E-state index in [1.807, 2.05) is 6.92 Å². The topological polar surface area (TPSA) is 61.4 Å². The van der Waals surface area contributed by atoms with Crippen LogP contribution in [0.2, 0.25) is 0 Å². The Morgan fingerprint density at radius 3 is 1.00 bits per heavy atom. The molecule has 0 aliphatic heterocycles. The van der Waals surface area contributed by atoms with Crippen molar-refractivity contribution in [1.29, 1.82) is 0 Å². The molecule has 5 nitrogen and oxygen atoms in total. The van der Waals surface area contributed by atoms with E-state index >= 15 is 0 Å². The van der Waals surface area contributed by atoms with Crippen molar-refractivity contribution in [3.63, 3.8) is 0 Å². The fraction of sp³-hybridized carbons (Fsp3) is 0.842. The molecule has 43 heavy (non-hydrogen) atoms. The standard InChI is InChI=1S/C38H73N3O2/c1-4-7-9-11-13-15-17-19-21-23-25-27-29-31-33-35-37(42)39-41(6-3)40-38(43)36-34-32-30-28-26-24-22-20-18-16-14-12-10-8-5-2/h19-22H,4-18,23-36H2,1-3H3,(H,39,42)(H,40,43)/b21-19-,22-20-. The second kappa shape index (κ2) is 34.9. The third-order valence-electron chi connectivity index (χ3n) is 8.17. The fourth-order valence-corrected chi connectivity index (χ4v) is 5.31. The van der Waals surface area contributed by atoms with Crippen LogP contribution in [0.4, 0.5) is 0 Å². The second-order valence-electron chi connectivity index (χ2n) is 12.5. The van der Waals surface area contributed by atoms with Crippen molar-refractivity contribution in [2.75, 3.05) is 6.54 Å². The number of rotatable bonds is 33. The molecule has 0 saturated heterocycles. The quantitative estimate of drug-likeness (QED) is 0.0445. The predicted molar refractivity (Wildman–Crippen MR) is 188 cm³/mol. The molecule has 0 aliphatic rings. The molecular weight excluding hydrogens is 530 g/mol. The van der Waals surface area contributed by atoms with Gasteiger partial charge in [0.25, 0.3) is 0 Å². The molecule has 2 amide bonds. The van der Waals surface area contributed by atoms with Crippen molar-refractivity contribution in [2.45, 2.75) is 201 Å². The van der Waals surface area contributed by atoms with E-state index in [0.29, 0.717) is 19.4 Å². The summed E-state index contributed by atoms with van der Waals surface area (Å²) in [6, 6.07) is 0. The zero-order valence-corrected chi connectivity index (χ0v) is 29.1. The van der Waals surface area contributed by atoms with E-state index in [0.717, 1.165) is 25.7 Å². The zero-order valence-electron chi connectivity index (χ0n) is 29.1. The summed E-state index contributed by atoms with van der Waals surface area (Å²) in [5.74, 6) is -0.0263. The summed E-state index contributed by atoms with van der Waals surface area (Å²) in [4.78, 5) is 24.6. The van der Waals surface area contributed by atoms with Gasteiger partial charge >= 0.3 is 0 Å². The van der Waals surface area contributed by atoms with Crippen LogP contribution in [0.5, 0.6) is 0 Å². The summed E-state index contributed by atoms with van der Waals surface area (Å²) in [7, 11) is 0. The SMILES string of the molecule is CCCCCCCC/C=C\CCCCCCCC(=O)NN(CC)NC(=O)CCCCCCC/C=C\CCCCCCCC. The molecular formula is C38H73N3O2. The Labute approximate surface area is 268 Å². The molecule has 0 spiro atoms. The average Bonchev–Trinajstić information content (AvgIpc) is 3.00. The number of carbonyl (C=O) groups is 2. The predicted octanol–water partition coefficient (Wildman–Crippen LogP) is 11.4. The Morgan fingerprint density at radius 1 is 0.419 bits per heavy atom. The van der Waals surface area contributed by atoms with Crippen LogP contribution < -0.4 is 10.9 Å². The first-order chi connectivity index (χ1) is 21.1. The van der Waals surface area contributed by atoms with Gasteiger partial charge in [0.1, 0.15) is 0 Å². The molecule has 0 heterocycles. The number of hydrazine groups is 2. The van der Waals surface area contributed by atoms with Gasteiger partial charge in [0.2, 0.25) is 11.8 Å². The Bertz CT molecular complexity index is 608. The Kier molecular flexibility index (Phi) is 33.6. The van der Waals surface area contributed by atoms with Crippen LogP contribution in [0.15, 0.2) is 24.3 Å². The first-order valence-corrected chi connectivity index (χ1v) is 18.8. The smallest absolute Gasteiger partial charge is 0.235 e. The Morgan fingerprint density at radius 2 is 0.698 bits per heavy atom. The molecule has 0 aromatic carbocycles. The summed E-state index contributed by atoms with van der Waals surface area (Å²) in [6.45, 7) is 7.02. The molecule has 0 aromatic heterocycles. The van der Waals surface area contributed by atoms with Crippen LogP contribution in [-0.2, 0) is 9.59 Å². The molecule has 0 aromatic rings. The summed E-state index contributed by atoms with van der Waals surface area (Å²) in [6.07, 6.45) is 43.0. The molecule has 0 unspecified atom stereocenters. The molecule has 0 aliphatic carbocycles. The number of amides is 2. The van der Waals surface area contributed by atoms with Crippen molar-refractivity contribution in [3.8, 4) is 0 Å². The molecule has 0 atom stereocenters. The minimum atomic E-state index is -0.0131. The van der Waals surface area contributed by atoms with Gasteiger partial charge in [-0.15, -0.1) is 5.12 Å². The molecule has 0 bridgehead atoms. The highest BCUT2D eigenvalue weighted by molar-refractivity contribution is 5.77. The van der Waals surface area contributed by atoms with Gasteiger partial charge < -0.3 is 0 Å². The van der Waals surface area contributed by atoms with Gasteiger partial charge in [-0.2, -0.15) is 0 Å². The number of unbranched alkanes of at least 4 members (excludes halogenated alkanes) is 22. The summed E-state index contributed by atoms with van der Waals surface area (Å²) in [5.41, 5.74) is 5.70. The molecule has 2 N–H and O–H groups in total. The lowest BCUT2D eigenvalue weighted by atomic mass is 10.1. The van der Waals surface area contributed by atoms with Crippen molar-refractivity contribution in [2.24, 2.45) is 0 Å². The first-order valence-electron chi connectivity index (χ1n) is 18.8. The van der Waals surface area contributed by atoms with E-state index in [1.54, 1.807) is 5.12 Å². The van der Waals surface area contributed by atoms with Crippen LogP contribution in [0.1, 0.15) is 201 Å². The maximum atomic E-state index is 12.3. The molecule has 0 saturated carbocycles. The van der Waals surface area contributed by atoms with Gasteiger partial charge in [-0.1, -0.05) is 141 Å². The first kappa shape index (κ1) is 41.4. The number of allylic oxidation sites excluding steroid dienone is 4. The normalized spacial score (nSPS) is 11.7. The number of hydrogen-bond acceptors (Lipinski definition) is 3. The van der Waals surface area contributed by atoms with E-state index in [9.17, 15) is 9.59 Å². The van der Waals surface area contributed by atoms with Gasteiger partial charge in [-0.3, -0.25) is 20.4 Å². The van der Waals surface area contributed by atoms with Gasteiger partial charge in [0, 0.05) is 19.4 Å². The summed E-state index contributed by atoms with van der Waals surface area (Å²) in [5, 5.41) is 1.54. The van der Waals surface area contributed by atoms with E-state index in [1.165, 1.54) is 141 Å². The van der Waals surface area contributed by atoms with Gasteiger partial charge in [0.15, 0.2) is 0 Å². The van der Waals surface area contributed by atoms with Crippen molar-refractivity contribution in [1.82, 2.24) is 16.0 Å². The van der Waals surface area contributed by atoms with E-state index < -0.39 is 0 Å². The molecule has 0 fully saturated rings. The van der Waals surface area contributed by atoms with Gasteiger partial charge in [-0.25, -0.2) is 0 Å². The number of hydrogen-bond donors (Lipinski definition) is 2. The fourth-order valence-electron chi connectivity index (χ4n) is 5.31. The van der Waals surface area contributed by atoms with Gasteiger partial charge in [-0.05, 0) is 71.1 Å². The zero-order chi connectivity index (χ0) is 31.5. The molecule has 252 valence electrons. The Hall–Kier alpha value is -1.62. The highest BCUT2D eigenvalue weighted by Crippen LogP contribution is 2.11. The number of nitrogens with one attached hydrogen (secondary N) is 2. The van der Waals surface area contributed by atoms with Crippen LogP contribution in [0.25, 0.3) is 0 Å². The highest BCUT2D eigenvalue weighted by atomic mass is 16.2. The van der Waals surface area contributed by atoms with E-state index in [-0.39, 0.29) is 11.8 Å². The lowest BCUT2D eigenvalue weighted by molar-refractivity contribution is -0.133. The lowest BCUT2D eigenvalue weighted by Crippen LogP contribution is -2.52. The minimum absolute atomic E-state index is 0.0131. The maximum Gasteiger partial charge on any atom is 0.235 e. The second-order valence-corrected chi connectivity index (χ2v) is 12.5. The highest BCUT2D eigenvalue weighted by Gasteiger charge is 2.10. The average molecular weight is 604 g/mol. The van der Waals surface area contributed by atoms with Crippen molar-refractivity contribution >= 4 is 11.8 Å².